The highest BCUT2D eigenvalue weighted by Gasteiger charge is 2.16. The minimum absolute atomic E-state index is 0.0700. The lowest BCUT2D eigenvalue weighted by Crippen LogP contribution is -2.20. The van der Waals surface area contributed by atoms with Crippen LogP contribution in [0, 0.1) is 6.92 Å². The van der Waals surface area contributed by atoms with Crippen LogP contribution in [0.1, 0.15) is 17.5 Å². The Labute approximate surface area is 70.8 Å². The normalized spacial score (nSPS) is 15.2. The van der Waals surface area contributed by atoms with Crippen molar-refractivity contribution in [3.63, 3.8) is 0 Å². The zero-order valence-electron chi connectivity index (χ0n) is 6.92. The van der Waals surface area contributed by atoms with Gasteiger partial charge in [0.1, 0.15) is 5.82 Å². The number of aromatic nitrogens is 1. The first-order valence-corrected chi connectivity index (χ1v) is 4.02. The van der Waals surface area contributed by atoms with Crippen LogP contribution in [0.3, 0.4) is 0 Å². The molecule has 2 heterocycles. The van der Waals surface area contributed by atoms with E-state index >= 15 is 0 Å². The lowest BCUT2D eigenvalue weighted by Gasteiger charge is -2.16. The zero-order valence-corrected chi connectivity index (χ0v) is 6.92. The van der Waals surface area contributed by atoms with E-state index in [4.69, 9.17) is 0 Å². The molecule has 3 nitrogen and oxygen atoms in total. The number of pyridine rings is 1. The van der Waals surface area contributed by atoms with E-state index < -0.39 is 0 Å². The predicted molar refractivity (Wildman–Crippen MR) is 45.9 cm³/mol. The van der Waals surface area contributed by atoms with Crippen molar-refractivity contribution in [3.8, 4) is 0 Å². The van der Waals surface area contributed by atoms with Crippen LogP contribution >= 0.6 is 0 Å². The average Bonchev–Trinajstić information content (AvgIpc) is 2.04. The minimum Gasteiger partial charge on any atom is -0.310 e. The molecule has 62 valence electrons. The van der Waals surface area contributed by atoms with Crippen molar-refractivity contribution < 1.29 is 4.79 Å². The Balaban J connectivity index is 2.48. The highest BCUT2D eigenvalue weighted by molar-refractivity contribution is 5.92. The first kappa shape index (κ1) is 7.28. The molecular formula is C9H10N2O. The number of nitrogens with zero attached hydrogens (tertiary/aromatic N) is 1. The molecule has 0 atom stereocenters. The molecule has 0 radical (unpaired) electrons. The summed E-state index contributed by atoms with van der Waals surface area (Å²) in [5.74, 6) is 0.812. The quantitative estimate of drug-likeness (QED) is 0.624. The zero-order chi connectivity index (χ0) is 8.55. The van der Waals surface area contributed by atoms with E-state index in [2.05, 4.69) is 10.3 Å². The summed E-state index contributed by atoms with van der Waals surface area (Å²) >= 11 is 0. The number of nitrogens with one attached hydrogen (secondary N) is 1. The Morgan fingerprint density at radius 1 is 1.50 bits per heavy atom. The van der Waals surface area contributed by atoms with Gasteiger partial charge in [0.2, 0.25) is 5.91 Å². The first-order valence-electron chi connectivity index (χ1n) is 4.02. The van der Waals surface area contributed by atoms with Gasteiger partial charge in [0, 0.05) is 12.6 Å². The Morgan fingerprint density at radius 3 is 3.17 bits per heavy atom. The molecule has 0 unspecified atom stereocenters. The first-order chi connectivity index (χ1) is 5.77. The van der Waals surface area contributed by atoms with E-state index in [-0.39, 0.29) is 5.91 Å². The highest BCUT2D eigenvalue weighted by atomic mass is 16.1. The molecule has 1 aliphatic rings. The summed E-state index contributed by atoms with van der Waals surface area (Å²) in [6, 6.07) is 1.97. The monoisotopic (exact) mass is 162 g/mol. The standard InChI is InChI=1S/C9H10N2O/c1-6-4-5-10-9-7(6)2-3-8(12)11-9/h4-5H,2-3H2,1H3,(H,10,11,12). The smallest absolute Gasteiger partial charge is 0.225 e. The van der Waals surface area contributed by atoms with E-state index in [1.54, 1.807) is 6.20 Å². The third-order valence-corrected chi connectivity index (χ3v) is 2.15. The van der Waals surface area contributed by atoms with Crippen molar-refractivity contribution in [1.29, 1.82) is 0 Å². The largest absolute Gasteiger partial charge is 0.310 e. The van der Waals surface area contributed by atoms with Crippen molar-refractivity contribution in [2.24, 2.45) is 0 Å². The number of carbonyl (C=O) groups excluding carboxylic acids is 1. The minimum atomic E-state index is 0.0700. The van der Waals surface area contributed by atoms with Crippen LogP contribution in [0.25, 0.3) is 0 Å². The predicted octanol–water partition coefficient (Wildman–Crippen LogP) is 1.27. The molecule has 0 aromatic carbocycles. The summed E-state index contributed by atoms with van der Waals surface area (Å²) in [7, 11) is 0. The van der Waals surface area contributed by atoms with E-state index in [1.807, 2.05) is 13.0 Å². The molecule has 3 heteroatoms. The van der Waals surface area contributed by atoms with Gasteiger partial charge in [-0.2, -0.15) is 0 Å². The van der Waals surface area contributed by atoms with Crippen molar-refractivity contribution in [2.75, 3.05) is 5.32 Å². The van der Waals surface area contributed by atoms with E-state index in [9.17, 15) is 4.79 Å². The molecule has 0 bridgehead atoms. The third kappa shape index (κ3) is 1.07. The number of aryl methyl sites for hydroxylation is 1. The molecule has 0 saturated heterocycles. The van der Waals surface area contributed by atoms with Crippen molar-refractivity contribution in [3.05, 3.63) is 23.4 Å². The van der Waals surface area contributed by atoms with Gasteiger partial charge in [-0.05, 0) is 30.5 Å². The van der Waals surface area contributed by atoms with Gasteiger partial charge in [-0.25, -0.2) is 4.98 Å². The van der Waals surface area contributed by atoms with Crippen molar-refractivity contribution in [1.82, 2.24) is 4.98 Å². The lowest BCUT2D eigenvalue weighted by atomic mass is 10.0. The maximum Gasteiger partial charge on any atom is 0.225 e. The summed E-state index contributed by atoms with van der Waals surface area (Å²) in [5.41, 5.74) is 2.39. The highest BCUT2D eigenvalue weighted by Crippen LogP contribution is 2.22. The van der Waals surface area contributed by atoms with Gasteiger partial charge in [0.15, 0.2) is 0 Å². The summed E-state index contributed by atoms with van der Waals surface area (Å²) in [6.45, 7) is 2.04. The summed E-state index contributed by atoms with van der Waals surface area (Å²) in [5, 5.41) is 2.75. The van der Waals surface area contributed by atoms with Crippen LogP contribution in [-0.2, 0) is 11.2 Å². The second-order valence-electron chi connectivity index (χ2n) is 3.00. The van der Waals surface area contributed by atoms with Gasteiger partial charge in [0.25, 0.3) is 0 Å². The van der Waals surface area contributed by atoms with Crippen molar-refractivity contribution >= 4 is 11.7 Å². The van der Waals surface area contributed by atoms with Crippen LogP contribution in [0.15, 0.2) is 12.3 Å². The van der Waals surface area contributed by atoms with Gasteiger partial charge in [-0.3, -0.25) is 4.79 Å². The Bertz CT molecular complexity index is 333. The molecule has 0 aliphatic carbocycles. The van der Waals surface area contributed by atoms with Crippen molar-refractivity contribution in [2.45, 2.75) is 19.8 Å². The number of fused-ring (bicyclic) bond motifs is 1. The molecular weight excluding hydrogens is 152 g/mol. The molecule has 1 aromatic heterocycles. The number of hydrogen-bond acceptors (Lipinski definition) is 2. The maximum absolute atomic E-state index is 11.0. The number of amides is 1. The van der Waals surface area contributed by atoms with Gasteiger partial charge in [-0.1, -0.05) is 0 Å². The maximum atomic E-state index is 11.0. The second-order valence-corrected chi connectivity index (χ2v) is 3.00. The van der Waals surface area contributed by atoms with E-state index in [0.717, 1.165) is 12.2 Å². The molecule has 1 N–H and O–H groups in total. The molecule has 12 heavy (non-hydrogen) atoms. The molecule has 0 saturated carbocycles. The summed E-state index contributed by atoms with van der Waals surface area (Å²) < 4.78 is 0. The third-order valence-electron chi connectivity index (χ3n) is 2.15. The average molecular weight is 162 g/mol. The molecule has 1 aliphatic heterocycles. The number of anilines is 1. The summed E-state index contributed by atoms with van der Waals surface area (Å²) in [4.78, 5) is 15.1. The molecule has 2 rings (SSSR count). The van der Waals surface area contributed by atoms with E-state index in [0.29, 0.717) is 6.42 Å². The van der Waals surface area contributed by atoms with Crippen LogP contribution in [0.2, 0.25) is 0 Å². The molecule has 0 spiro atoms. The van der Waals surface area contributed by atoms with Crippen LogP contribution < -0.4 is 5.32 Å². The van der Waals surface area contributed by atoms with Gasteiger partial charge in [-0.15, -0.1) is 0 Å². The number of carbonyl (C=O) groups is 1. The van der Waals surface area contributed by atoms with E-state index in [1.165, 1.54) is 11.1 Å². The van der Waals surface area contributed by atoms with Crippen LogP contribution in [0.5, 0.6) is 0 Å². The second kappa shape index (κ2) is 2.59. The number of rotatable bonds is 0. The Kier molecular flexibility index (Phi) is 1.57. The molecule has 1 aromatic rings. The molecule has 1 amide bonds. The fourth-order valence-electron chi connectivity index (χ4n) is 1.45. The Morgan fingerprint density at radius 2 is 2.33 bits per heavy atom. The SMILES string of the molecule is Cc1ccnc2c1CCC(=O)N2. The lowest BCUT2D eigenvalue weighted by molar-refractivity contribution is -0.116. The van der Waals surface area contributed by atoms with Crippen LogP contribution in [-0.4, -0.2) is 10.9 Å². The van der Waals surface area contributed by atoms with Gasteiger partial charge >= 0.3 is 0 Å². The van der Waals surface area contributed by atoms with Gasteiger partial charge in [0.05, 0.1) is 0 Å². The summed E-state index contributed by atoms with van der Waals surface area (Å²) in [6.07, 6.45) is 3.13. The van der Waals surface area contributed by atoms with Crippen LogP contribution in [0.4, 0.5) is 5.82 Å². The van der Waals surface area contributed by atoms with Gasteiger partial charge < -0.3 is 5.32 Å². The molecule has 0 fully saturated rings. The Hall–Kier alpha value is -1.38. The fourth-order valence-corrected chi connectivity index (χ4v) is 1.45. The topological polar surface area (TPSA) is 42.0 Å². The number of hydrogen-bond donors (Lipinski definition) is 1. The fraction of sp³-hybridized carbons (Fsp3) is 0.333.